The minimum Gasteiger partial charge on any atom is -0.349 e. The Hall–Kier alpha value is -3.09. The molecule has 1 N–H and O–H groups in total. The van der Waals surface area contributed by atoms with Gasteiger partial charge < -0.3 is 5.32 Å². The van der Waals surface area contributed by atoms with E-state index in [-0.39, 0.29) is 11.9 Å². The lowest BCUT2D eigenvalue weighted by atomic mass is 9.84. The van der Waals surface area contributed by atoms with Crippen molar-refractivity contribution >= 4 is 28.1 Å². The van der Waals surface area contributed by atoms with Gasteiger partial charge in [-0.3, -0.25) is 14.7 Å². The van der Waals surface area contributed by atoms with Crippen LogP contribution in [0, 0.1) is 5.92 Å². The standard InChI is InChI=1S/C30H32N4OS/c35-29(25-8-4-10-26-24(25)9-5-17-31-26)32-23-13-11-21(12-14-23)15-18-34-19-16-27-28(20-34)36-30(33-27)22-6-2-1-3-7-22/h1-10,17,21,23H,11-16,18-20H2,(H,32,35). The highest BCUT2D eigenvalue weighted by atomic mass is 32.1. The molecule has 1 fully saturated rings. The summed E-state index contributed by atoms with van der Waals surface area (Å²) in [5, 5.41) is 5.38. The third kappa shape index (κ3) is 5.06. The van der Waals surface area contributed by atoms with Crippen LogP contribution in [0.4, 0.5) is 0 Å². The van der Waals surface area contributed by atoms with Crippen molar-refractivity contribution in [1.29, 1.82) is 0 Å². The number of carbonyl (C=O) groups is 1. The Morgan fingerprint density at radius 2 is 1.86 bits per heavy atom. The lowest BCUT2D eigenvalue weighted by Crippen LogP contribution is -2.38. The smallest absolute Gasteiger partial charge is 0.252 e. The van der Waals surface area contributed by atoms with Gasteiger partial charge in [0.25, 0.3) is 5.91 Å². The Kier molecular flexibility index (Phi) is 6.79. The number of aromatic nitrogens is 2. The summed E-state index contributed by atoms with van der Waals surface area (Å²) in [6.07, 6.45) is 8.60. The molecule has 0 radical (unpaired) electrons. The van der Waals surface area contributed by atoms with E-state index in [2.05, 4.69) is 45.5 Å². The first-order valence-corrected chi connectivity index (χ1v) is 14.0. The first-order valence-electron chi connectivity index (χ1n) is 13.1. The van der Waals surface area contributed by atoms with Crippen LogP contribution < -0.4 is 5.32 Å². The highest BCUT2D eigenvalue weighted by molar-refractivity contribution is 7.15. The molecule has 2 aliphatic rings. The van der Waals surface area contributed by atoms with Gasteiger partial charge in [0.05, 0.1) is 11.2 Å². The molecule has 0 saturated heterocycles. The molecule has 3 heterocycles. The molecule has 2 aromatic carbocycles. The monoisotopic (exact) mass is 496 g/mol. The fourth-order valence-electron chi connectivity index (χ4n) is 5.67. The Morgan fingerprint density at radius 1 is 1.00 bits per heavy atom. The van der Waals surface area contributed by atoms with Gasteiger partial charge in [0.1, 0.15) is 5.01 Å². The topological polar surface area (TPSA) is 58.1 Å². The average Bonchev–Trinajstić information content (AvgIpc) is 3.36. The zero-order valence-electron chi connectivity index (χ0n) is 20.5. The fourth-order valence-corrected chi connectivity index (χ4v) is 6.82. The number of nitrogens with zero attached hydrogens (tertiary/aromatic N) is 3. The molecule has 6 rings (SSSR count). The number of nitrogens with one attached hydrogen (secondary N) is 1. The van der Waals surface area contributed by atoms with Gasteiger partial charge >= 0.3 is 0 Å². The molecular weight excluding hydrogens is 464 g/mol. The van der Waals surface area contributed by atoms with Crippen molar-refractivity contribution in [1.82, 2.24) is 20.2 Å². The van der Waals surface area contributed by atoms with Gasteiger partial charge in [-0.2, -0.15) is 0 Å². The normalized spacial score (nSPS) is 20.2. The largest absolute Gasteiger partial charge is 0.349 e. The van der Waals surface area contributed by atoms with E-state index in [0.717, 1.165) is 66.3 Å². The van der Waals surface area contributed by atoms with Crippen LogP contribution in [0.3, 0.4) is 0 Å². The van der Waals surface area contributed by atoms with Crippen LogP contribution >= 0.6 is 11.3 Å². The Balaban J connectivity index is 0.980. The molecule has 0 bridgehead atoms. The van der Waals surface area contributed by atoms with E-state index in [1.807, 2.05) is 41.7 Å². The minimum absolute atomic E-state index is 0.0283. The Morgan fingerprint density at radius 3 is 2.72 bits per heavy atom. The quantitative estimate of drug-likeness (QED) is 0.351. The van der Waals surface area contributed by atoms with Crippen LogP contribution in [0.2, 0.25) is 0 Å². The lowest BCUT2D eigenvalue weighted by Gasteiger charge is -2.32. The van der Waals surface area contributed by atoms with E-state index in [4.69, 9.17) is 4.98 Å². The Labute approximate surface area is 216 Å². The van der Waals surface area contributed by atoms with E-state index in [0.29, 0.717) is 0 Å². The SMILES string of the molecule is O=C(NC1CCC(CCN2CCc3nc(-c4ccccc4)sc3C2)CC1)c1cccc2ncccc12. The summed E-state index contributed by atoms with van der Waals surface area (Å²) >= 11 is 1.86. The molecule has 0 unspecified atom stereocenters. The van der Waals surface area contributed by atoms with Gasteiger partial charge in [-0.15, -0.1) is 11.3 Å². The zero-order valence-corrected chi connectivity index (χ0v) is 21.3. The van der Waals surface area contributed by atoms with Gasteiger partial charge in [0, 0.05) is 53.1 Å². The molecule has 1 aliphatic heterocycles. The highest BCUT2D eigenvalue weighted by Crippen LogP contribution is 2.33. The molecule has 1 aliphatic carbocycles. The van der Waals surface area contributed by atoms with Gasteiger partial charge in [0.15, 0.2) is 0 Å². The molecular formula is C30H32N4OS. The van der Waals surface area contributed by atoms with Crippen molar-refractivity contribution in [2.75, 3.05) is 13.1 Å². The first-order chi connectivity index (χ1) is 17.7. The van der Waals surface area contributed by atoms with Gasteiger partial charge in [0.2, 0.25) is 0 Å². The van der Waals surface area contributed by atoms with E-state index >= 15 is 0 Å². The summed E-state index contributed by atoms with van der Waals surface area (Å²) < 4.78 is 0. The van der Waals surface area contributed by atoms with E-state index in [1.54, 1.807) is 6.20 Å². The number of hydrogen-bond donors (Lipinski definition) is 1. The summed E-state index contributed by atoms with van der Waals surface area (Å²) in [7, 11) is 0. The van der Waals surface area contributed by atoms with Crippen molar-refractivity contribution in [3.63, 3.8) is 0 Å². The molecule has 1 amide bonds. The predicted octanol–water partition coefficient (Wildman–Crippen LogP) is 6.10. The van der Waals surface area contributed by atoms with Gasteiger partial charge in [-0.25, -0.2) is 4.98 Å². The molecule has 4 aromatic rings. The number of hydrogen-bond acceptors (Lipinski definition) is 5. The number of fused-ring (bicyclic) bond motifs is 2. The predicted molar refractivity (Wildman–Crippen MR) is 146 cm³/mol. The van der Waals surface area contributed by atoms with Crippen LogP contribution in [0.25, 0.3) is 21.5 Å². The summed E-state index contributed by atoms with van der Waals surface area (Å²) in [5.74, 6) is 0.781. The maximum Gasteiger partial charge on any atom is 0.252 e. The molecule has 5 nitrogen and oxygen atoms in total. The molecule has 184 valence electrons. The van der Waals surface area contributed by atoms with Crippen molar-refractivity contribution in [2.24, 2.45) is 5.92 Å². The molecule has 0 spiro atoms. The minimum atomic E-state index is 0.0283. The number of rotatable bonds is 6. The van der Waals surface area contributed by atoms with Crippen LogP contribution in [0.1, 0.15) is 53.0 Å². The van der Waals surface area contributed by atoms with Crippen LogP contribution in [0.15, 0.2) is 66.9 Å². The van der Waals surface area contributed by atoms with Gasteiger partial charge in [-0.1, -0.05) is 42.5 Å². The third-order valence-corrected chi connectivity index (χ3v) is 8.89. The number of pyridine rings is 1. The van der Waals surface area contributed by atoms with Crippen molar-refractivity contribution in [3.05, 3.63) is 83.0 Å². The molecule has 1 saturated carbocycles. The summed E-state index contributed by atoms with van der Waals surface area (Å²) in [6, 6.07) is 20.5. The maximum absolute atomic E-state index is 13.0. The second-order valence-electron chi connectivity index (χ2n) is 10.1. The lowest BCUT2D eigenvalue weighted by molar-refractivity contribution is 0.0921. The summed E-state index contributed by atoms with van der Waals surface area (Å²) in [4.78, 5) is 26.3. The highest BCUT2D eigenvalue weighted by Gasteiger charge is 2.25. The van der Waals surface area contributed by atoms with E-state index < -0.39 is 0 Å². The molecule has 6 heteroatoms. The van der Waals surface area contributed by atoms with E-state index in [9.17, 15) is 4.79 Å². The number of benzene rings is 2. The zero-order chi connectivity index (χ0) is 24.3. The third-order valence-electron chi connectivity index (χ3n) is 7.76. The summed E-state index contributed by atoms with van der Waals surface area (Å²) in [5.41, 5.74) is 4.12. The number of carbonyl (C=O) groups excluding carboxylic acids is 1. The van der Waals surface area contributed by atoms with Crippen LogP contribution in [-0.4, -0.2) is 39.9 Å². The molecule has 36 heavy (non-hydrogen) atoms. The second kappa shape index (κ2) is 10.5. The molecule has 0 atom stereocenters. The van der Waals surface area contributed by atoms with Crippen molar-refractivity contribution in [2.45, 2.75) is 51.1 Å². The van der Waals surface area contributed by atoms with Crippen LogP contribution in [0.5, 0.6) is 0 Å². The van der Waals surface area contributed by atoms with E-state index in [1.165, 1.54) is 35.4 Å². The molecule has 2 aromatic heterocycles. The van der Waals surface area contributed by atoms with Gasteiger partial charge in [-0.05, 0) is 62.8 Å². The second-order valence-corrected chi connectivity index (χ2v) is 11.2. The Bertz CT molecular complexity index is 1340. The maximum atomic E-state index is 13.0. The van der Waals surface area contributed by atoms with Crippen molar-refractivity contribution < 1.29 is 4.79 Å². The number of amides is 1. The average molecular weight is 497 g/mol. The van der Waals surface area contributed by atoms with Crippen LogP contribution in [-0.2, 0) is 13.0 Å². The number of thiazole rings is 1. The van der Waals surface area contributed by atoms with Crippen molar-refractivity contribution in [3.8, 4) is 10.6 Å². The fraction of sp³-hybridized carbons (Fsp3) is 0.367. The summed E-state index contributed by atoms with van der Waals surface area (Å²) in [6.45, 7) is 3.30. The first kappa shape index (κ1) is 23.3.